The lowest BCUT2D eigenvalue weighted by Crippen LogP contribution is -2.60. The van der Waals surface area contributed by atoms with Crippen molar-refractivity contribution in [2.45, 2.75) is 29.8 Å². The predicted octanol–water partition coefficient (Wildman–Crippen LogP) is -2.89. The third-order valence-electron chi connectivity index (χ3n) is 4.07. The monoisotopic (exact) mass is 317 g/mol. The quantitative estimate of drug-likeness (QED) is 0.309. The van der Waals surface area contributed by atoms with Gasteiger partial charge in [0.05, 0.1) is 12.4 Å². The van der Waals surface area contributed by atoms with E-state index in [0.717, 1.165) is 0 Å². The SMILES string of the molecule is BC(B)(O)C1(C#C)O[C@@H](n2cnc3c(N)nc(F)nc32)C[C@@H]1O. The average molecular weight is 317 g/mol. The van der Waals surface area contributed by atoms with Crippen molar-refractivity contribution < 1.29 is 19.3 Å². The fourth-order valence-electron chi connectivity index (χ4n) is 2.85. The van der Waals surface area contributed by atoms with E-state index in [1.165, 1.54) is 26.6 Å². The summed E-state index contributed by atoms with van der Waals surface area (Å²) >= 11 is 0. The van der Waals surface area contributed by atoms with Gasteiger partial charge in [-0.1, -0.05) is 5.92 Å². The molecule has 1 aliphatic heterocycles. The fourth-order valence-corrected chi connectivity index (χ4v) is 2.85. The lowest BCUT2D eigenvalue weighted by Gasteiger charge is -2.38. The van der Waals surface area contributed by atoms with Gasteiger partial charge in [-0.15, -0.1) is 6.42 Å². The van der Waals surface area contributed by atoms with E-state index < -0.39 is 29.4 Å². The van der Waals surface area contributed by atoms with Crippen molar-refractivity contribution in [2.24, 2.45) is 0 Å². The number of aliphatic hydroxyl groups is 2. The summed E-state index contributed by atoms with van der Waals surface area (Å²) in [4.78, 5) is 11.1. The van der Waals surface area contributed by atoms with Gasteiger partial charge in [-0.25, -0.2) is 4.98 Å². The molecule has 2 aromatic heterocycles. The minimum Gasteiger partial charge on any atom is -0.404 e. The maximum atomic E-state index is 13.4. The van der Waals surface area contributed by atoms with Gasteiger partial charge in [-0.3, -0.25) is 4.57 Å². The molecule has 1 aliphatic rings. The largest absolute Gasteiger partial charge is 0.404 e. The Balaban J connectivity index is 2.07. The molecule has 1 unspecified atom stereocenters. The van der Waals surface area contributed by atoms with Gasteiger partial charge >= 0.3 is 6.08 Å². The summed E-state index contributed by atoms with van der Waals surface area (Å²) in [6.45, 7) is 0. The van der Waals surface area contributed by atoms with Crippen LogP contribution in [0, 0.1) is 18.4 Å². The van der Waals surface area contributed by atoms with Crippen LogP contribution in [0.3, 0.4) is 0 Å². The number of imidazole rings is 1. The normalized spacial score (nSPS) is 28.1. The number of rotatable bonds is 2. The van der Waals surface area contributed by atoms with Gasteiger partial charge in [0.25, 0.3) is 0 Å². The highest BCUT2D eigenvalue weighted by Crippen LogP contribution is 2.42. The molecule has 4 N–H and O–H groups in total. The first-order valence-electron chi connectivity index (χ1n) is 6.91. The van der Waals surface area contributed by atoms with Crippen molar-refractivity contribution in [2.75, 3.05) is 5.73 Å². The van der Waals surface area contributed by atoms with Gasteiger partial charge in [-0.05, 0) is 0 Å². The molecule has 3 rings (SSSR count). The molecule has 0 aromatic carbocycles. The Morgan fingerprint density at radius 2 is 2.26 bits per heavy atom. The second-order valence-corrected chi connectivity index (χ2v) is 5.96. The van der Waals surface area contributed by atoms with Gasteiger partial charge < -0.3 is 20.7 Å². The summed E-state index contributed by atoms with van der Waals surface area (Å²) in [5.74, 6) is 2.24. The standard InChI is InChI=1S/C12H14B2FN5O3/c1-2-11(12(13,14)22)5(21)3-6(23-11)20-4-17-7-8(16)18-10(15)19-9(7)20/h1,4-6,21-22H,3,13-14H2,(H2,16,18,19)/t5-,6+,11?/m0/s1. The molecule has 1 saturated heterocycles. The topological polar surface area (TPSA) is 119 Å². The first-order chi connectivity index (χ1) is 10.7. The van der Waals surface area contributed by atoms with E-state index in [1.54, 1.807) is 0 Å². The van der Waals surface area contributed by atoms with Crippen molar-refractivity contribution in [1.82, 2.24) is 19.5 Å². The van der Waals surface area contributed by atoms with Gasteiger partial charge in [0.2, 0.25) is 0 Å². The van der Waals surface area contributed by atoms with E-state index in [4.69, 9.17) is 16.9 Å². The summed E-state index contributed by atoms with van der Waals surface area (Å²) in [6, 6.07) is 0. The third kappa shape index (κ3) is 2.18. The number of nitrogens with zero attached hydrogens (tertiary/aromatic N) is 4. The molecule has 8 nitrogen and oxygen atoms in total. The number of nitrogen functional groups attached to an aromatic ring is 1. The van der Waals surface area contributed by atoms with Crippen molar-refractivity contribution >= 4 is 32.7 Å². The molecule has 0 saturated carbocycles. The summed E-state index contributed by atoms with van der Waals surface area (Å²) in [5.41, 5.74) is 4.34. The van der Waals surface area contributed by atoms with Crippen molar-refractivity contribution in [3.8, 4) is 12.3 Å². The van der Waals surface area contributed by atoms with Gasteiger partial charge in [0.1, 0.15) is 21.9 Å². The highest BCUT2D eigenvalue weighted by molar-refractivity contribution is 6.40. The van der Waals surface area contributed by atoms with Crippen molar-refractivity contribution in [3.05, 3.63) is 12.4 Å². The maximum absolute atomic E-state index is 13.4. The lowest BCUT2D eigenvalue weighted by molar-refractivity contribution is -0.117. The average Bonchev–Trinajstić information content (AvgIpc) is 2.99. The highest BCUT2D eigenvalue weighted by Gasteiger charge is 2.56. The molecule has 0 bridgehead atoms. The molecule has 0 aliphatic carbocycles. The smallest absolute Gasteiger partial charge is 0.312 e. The molecule has 0 amide bonds. The number of fused-ring (bicyclic) bond motifs is 1. The van der Waals surface area contributed by atoms with E-state index in [1.807, 2.05) is 0 Å². The number of terminal acetylenes is 1. The van der Waals surface area contributed by atoms with Crippen molar-refractivity contribution in [1.29, 1.82) is 0 Å². The van der Waals surface area contributed by atoms with Crippen molar-refractivity contribution in [3.63, 3.8) is 0 Å². The van der Waals surface area contributed by atoms with Crippen LogP contribution in [0.5, 0.6) is 0 Å². The zero-order valence-electron chi connectivity index (χ0n) is 12.6. The van der Waals surface area contributed by atoms with E-state index in [2.05, 4.69) is 20.9 Å². The van der Waals surface area contributed by atoms with E-state index in [9.17, 15) is 14.6 Å². The highest BCUT2D eigenvalue weighted by atomic mass is 19.1. The number of ether oxygens (including phenoxy) is 1. The van der Waals surface area contributed by atoms with Crippen LogP contribution in [-0.2, 0) is 4.74 Å². The summed E-state index contributed by atoms with van der Waals surface area (Å²) in [6.07, 6.45) is 4.01. The Bertz CT molecular complexity index is 817. The number of anilines is 1. The van der Waals surface area contributed by atoms with Crippen LogP contribution in [0.15, 0.2) is 6.33 Å². The van der Waals surface area contributed by atoms with Gasteiger partial charge in [-0.2, -0.15) is 14.4 Å². The zero-order valence-corrected chi connectivity index (χ0v) is 12.6. The zero-order chi connectivity index (χ0) is 17.0. The number of aliphatic hydroxyl groups excluding tert-OH is 1. The van der Waals surface area contributed by atoms with Crippen LogP contribution < -0.4 is 5.73 Å². The molecule has 0 radical (unpaired) electrons. The number of nitrogens with two attached hydrogens (primary N) is 1. The minimum atomic E-state index is -1.61. The lowest BCUT2D eigenvalue weighted by atomic mass is 9.54. The Kier molecular flexibility index (Phi) is 3.37. The van der Waals surface area contributed by atoms with E-state index in [0.29, 0.717) is 0 Å². The molecule has 118 valence electrons. The molecule has 23 heavy (non-hydrogen) atoms. The molecule has 11 heteroatoms. The van der Waals surface area contributed by atoms with Crippen LogP contribution in [0.25, 0.3) is 11.2 Å². The predicted molar refractivity (Wildman–Crippen MR) is 84.0 cm³/mol. The molecule has 1 fully saturated rings. The summed E-state index contributed by atoms with van der Waals surface area (Å²) in [7, 11) is 2.90. The second kappa shape index (κ2) is 4.92. The Morgan fingerprint density at radius 1 is 1.57 bits per heavy atom. The van der Waals surface area contributed by atoms with Crippen LogP contribution in [0.2, 0.25) is 0 Å². The van der Waals surface area contributed by atoms with Crippen LogP contribution in [0.4, 0.5) is 10.2 Å². The number of hydrogen-bond acceptors (Lipinski definition) is 7. The van der Waals surface area contributed by atoms with E-state index >= 15 is 0 Å². The Labute approximate surface area is 132 Å². The molecular weight excluding hydrogens is 303 g/mol. The van der Waals surface area contributed by atoms with Crippen LogP contribution in [0.1, 0.15) is 12.6 Å². The van der Waals surface area contributed by atoms with Gasteiger partial charge in [0, 0.05) is 11.8 Å². The molecule has 0 spiro atoms. The first-order valence-corrected chi connectivity index (χ1v) is 6.91. The number of aromatic nitrogens is 4. The summed E-state index contributed by atoms with van der Waals surface area (Å²) in [5, 5.41) is 19.1. The molecule has 2 aromatic rings. The summed E-state index contributed by atoms with van der Waals surface area (Å²) < 4.78 is 20.6. The maximum Gasteiger partial charge on any atom is 0.312 e. The third-order valence-corrected chi connectivity index (χ3v) is 4.07. The first kappa shape index (κ1) is 15.7. The Morgan fingerprint density at radius 3 is 2.83 bits per heavy atom. The fraction of sp³-hybridized carbons (Fsp3) is 0.417. The van der Waals surface area contributed by atoms with Crippen LogP contribution in [-0.4, -0.2) is 62.5 Å². The number of hydrogen-bond donors (Lipinski definition) is 3. The number of halogens is 1. The van der Waals surface area contributed by atoms with Crippen LogP contribution >= 0.6 is 0 Å². The minimum absolute atomic E-state index is 0.0746. The second-order valence-electron chi connectivity index (χ2n) is 5.96. The Hall–Kier alpha value is -2.15. The van der Waals surface area contributed by atoms with E-state index in [-0.39, 0.29) is 23.4 Å². The van der Waals surface area contributed by atoms with Gasteiger partial charge in [0.15, 0.2) is 22.6 Å². The molecule has 3 heterocycles. The molecular formula is C12H14B2FN5O3. The molecule has 3 atom stereocenters.